The van der Waals surface area contributed by atoms with Crippen molar-refractivity contribution in [2.45, 2.75) is 26.9 Å². The van der Waals surface area contributed by atoms with Crippen molar-refractivity contribution in [3.8, 4) is 17.1 Å². The number of hydrogen-bond acceptors (Lipinski definition) is 3. The fraction of sp³-hybridized carbons (Fsp3) is 0.286. The molecule has 19 heavy (non-hydrogen) atoms. The molecule has 1 N–H and O–H groups in total. The average molecular weight is 323 g/mol. The molecule has 0 aliphatic rings. The molecule has 100 valence electrons. The number of hydrogen-bond donors (Lipinski definition) is 1. The molecule has 0 bridgehead atoms. The molecule has 0 atom stereocenters. The molecule has 2 aromatic rings. The topological polar surface area (TPSA) is 55.0 Å². The molecule has 0 saturated carbocycles. The zero-order valence-electron chi connectivity index (χ0n) is 11.0. The number of H-pyrrole nitrogens is 1. The second-order valence-corrected chi connectivity index (χ2v) is 5.30. The fourth-order valence-electron chi connectivity index (χ4n) is 1.67. The normalized spacial score (nSPS) is 10.8. The van der Waals surface area contributed by atoms with Crippen molar-refractivity contribution >= 4 is 15.9 Å². The van der Waals surface area contributed by atoms with E-state index in [-0.39, 0.29) is 11.7 Å². The Morgan fingerprint density at radius 1 is 1.26 bits per heavy atom. The minimum absolute atomic E-state index is 0.138. The van der Waals surface area contributed by atoms with Gasteiger partial charge in [0.1, 0.15) is 16.0 Å². The molecule has 0 aliphatic carbocycles. The molecule has 0 amide bonds. The van der Waals surface area contributed by atoms with E-state index in [1.807, 2.05) is 38.1 Å². The summed E-state index contributed by atoms with van der Waals surface area (Å²) in [5, 5.41) is 0. The van der Waals surface area contributed by atoms with Crippen LogP contribution in [0.5, 0.6) is 5.75 Å². The summed E-state index contributed by atoms with van der Waals surface area (Å²) < 4.78 is 6.04. The number of ether oxygens (including phenoxy) is 1. The van der Waals surface area contributed by atoms with Gasteiger partial charge in [-0.25, -0.2) is 4.98 Å². The van der Waals surface area contributed by atoms with Gasteiger partial charge in [-0.15, -0.1) is 0 Å². The van der Waals surface area contributed by atoms with E-state index in [9.17, 15) is 4.79 Å². The van der Waals surface area contributed by atoms with Crippen molar-refractivity contribution in [1.29, 1.82) is 0 Å². The summed E-state index contributed by atoms with van der Waals surface area (Å²) in [6.45, 7) is 5.75. The first-order chi connectivity index (χ1) is 8.97. The third kappa shape index (κ3) is 3.23. The quantitative estimate of drug-likeness (QED) is 0.943. The first-order valence-electron chi connectivity index (χ1n) is 6.01. The van der Waals surface area contributed by atoms with Gasteiger partial charge in [-0.3, -0.25) is 4.79 Å². The molecule has 1 aromatic carbocycles. The summed E-state index contributed by atoms with van der Waals surface area (Å²) in [7, 11) is 0. The number of aromatic amines is 1. The zero-order valence-corrected chi connectivity index (χ0v) is 12.6. The molecule has 0 spiro atoms. The van der Waals surface area contributed by atoms with Crippen LogP contribution in [0.2, 0.25) is 0 Å². The largest absolute Gasteiger partial charge is 0.491 e. The molecule has 5 heteroatoms. The smallest absolute Gasteiger partial charge is 0.265 e. The van der Waals surface area contributed by atoms with Crippen molar-refractivity contribution in [3.63, 3.8) is 0 Å². The summed E-state index contributed by atoms with van der Waals surface area (Å²) in [6, 6.07) is 7.49. The van der Waals surface area contributed by atoms with Crippen molar-refractivity contribution in [1.82, 2.24) is 9.97 Å². The van der Waals surface area contributed by atoms with Crippen molar-refractivity contribution in [2.75, 3.05) is 0 Å². The van der Waals surface area contributed by atoms with E-state index >= 15 is 0 Å². The lowest BCUT2D eigenvalue weighted by Crippen LogP contribution is -2.11. The monoisotopic (exact) mass is 322 g/mol. The summed E-state index contributed by atoms with van der Waals surface area (Å²) in [6.07, 6.45) is 0.138. The number of rotatable bonds is 3. The lowest BCUT2D eigenvalue weighted by atomic mass is 10.2. The molecular weight excluding hydrogens is 308 g/mol. The Bertz CT molecular complexity index is 633. The average Bonchev–Trinajstić information content (AvgIpc) is 2.35. The molecule has 4 nitrogen and oxygen atoms in total. The van der Waals surface area contributed by atoms with Gasteiger partial charge in [-0.2, -0.15) is 0 Å². The predicted octanol–water partition coefficient (Wildman–Crippen LogP) is 3.30. The predicted molar refractivity (Wildman–Crippen MR) is 78.5 cm³/mol. The Balaban J connectivity index is 2.35. The highest BCUT2D eigenvalue weighted by Crippen LogP contribution is 2.20. The van der Waals surface area contributed by atoms with Gasteiger partial charge in [0, 0.05) is 5.56 Å². The van der Waals surface area contributed by atoms with Gasteiger partial charge < -0.3 is 9.72 Å². The van der Waals surface area contributed by atoms with Crippen LogP contribution in [0.3, 0.4) is 0 Å². The van der Waals surface area contributed by atoms with Crippen LogP contribution >= 0.6 is 15.9 Å². The van der Waals surface area contributed by atoms with Crippen molar-refractivity contribution in [2.24, 2.45) is 0 Å². The second-order valence-electron chi connectivity index (χ2n) is 4.50. The minimum Gasteiger partial charge on any atom is -0.491 e. The number of nitrogens with one attached hydrogen (secondary N) is 1. The maximum Gasteiger partial charge on any atom is 0.265 e. The third-order valence-corrected chi connectivity index (χ3v) is 3.46. The number of aromatic nitrogens is 2. The van der Waals surface area contributed by atoms with Gasteiger partial charge in [-0.05, 0) is 61.0 Å². The second kappa shape index (κ2) is 5.57. The zero-order chi connectivity index (χ0) is 14.0. The Hall–Kier alpha value is -1.62. The molecule has 0 unspecified atom stereocenters. The van der Waals surface area contributed by atoms with Gasteiger partial charge in [0.05, 0.1) is 11.8 Å². The molecule has 0 saturated heterocycles. The standard InChI is InChI=1S/C14H15BrN2O2/c1-8(2)19-11-6-4-10(5-7-11)13-16-9(3)12(15)14(18)17-13/h4-8H,1-3H3,(H,16,17,18). The molecule has 2 rings (SSSR count). The Labute approximate surface area is 120 Å². The molecule has 1 aromatic heterocycles. The van der Waals surface area contributed by atoms with Gasteiger partial charge in [-0.1, -0.05) is 0 Å². The minimum atomic E-state index is -0.176. The molecule has 0 radical (unpaired) electrons. The Morgan fingerprint density at radius 2 is 1.89 bits per heavy atom. The van der Waals surface area contributed by atoms with E-state index < -0.39 is 0 Å². The highest BCUT2D eigenvalue weighted by Gasteiger charge is 2.07. The Morgan fingerprint density at radius 3 is 2.42 bits per heavy atom. The highest BCUT2D eigenvalue weighted by atomic mass is 79.9. The van der Waals surface area contributed by atoms with Gasteiger partial charge in [0.15, 0.2) is 0 Å². The molecule has 0 fully saturated rings. The van der Waals surface area contributed by atoms with E-state index in [4.69, 9.17) is 4.74 Å². The lowest BCUT2D eigenvalue weighted by Gasteiger charge is -2.10. The van der Waals surface area contributed by atoms with Crippen LogP contribution in [-0.4, -0.2) is 16.1 Å². The van der Waals surface area contributed by atoms with Crippen LogP contribution in [-0.2, 0) is 0 Å². The lowest BCUT2D eigenvalue weighted by molar-refractivity contribution is 0.242. The van der Waals surface area contributed by atoms with E-state index in [0.29, 0.717) is 16.0 Å². The van der Waals surface area contributed by atoms with E-state index in [1.54, 1.807) is 6.92 Å². The first kappa shape index (κ1) is 13.8. The van der Waals surface area contributed by atoms with Crippen LogP contribution < -0.4 is 10.3 Å². The molecule has 1 heterocycles. The number of nitrogens with zero attached hydrogens (tertiary/aromatic N) is 1. The van der Waals surface area contributed by atoms with Crippen molar-refractivity contribution in [3.05, 3.63) is 44.8 Å². The van der Waals surface area contributed by atoms with Crippen LogP contribution in [0, 0.1) is 6.92 Å². The SMILES string of the molecule is Cc1nc(-c2ccc(OC(C)C)cc2)[nH]c(=O)c1Br. The number of halogens is 1. The summed E-state index contributed by atoms with van der Waals surface area (Å²) >= 11 is 3.20. The molecule has 0 aliphatic heterocycles. The van der Waals surface area contributed by atoms with Crippen LogP contribution in [0.25, 0.3) is 11.4 Å². The third-order valence-electron chi connectivity index (χ3n) is 2.53. The summed E-state index contributed by atoms with van der Waals surface area (Å²) in [5.74, 6) is 1.36. The van der Waals surface area contributed by atoms with E-state index in [1.165, 1.54) is 0 Å². The first-order valence-corrected chi connectivity index (χ1v) is 6.80. The van der Waals surface area contributed by atoms with Crippen LogP contribution in [0.4, 0.5) is 0 Å². The Kier molecular flexibility index (Phi) is 4.04. The van der Waals surface area contributed by atoms with Crippen molar-refractivity contribution < 1.29 is 4.74 Å². The summed E-state index contributed by atoms with van der Waals surface area (Å²) in [4.78, 5) is 18.8. The maximum absolute atomic E-state index is 11.7. The van der Waals surface area contributed by atoms with Gasteiger partial charge >= 0.3 is 0 Å². The fourth-order valence-corrected chi connectivity index (χ4v) is 1.86. The van der Waals surface area contributed by atoms with Crippen LogP contribution in [0.1, 0.15) is 19.5 Å². The summed E-state index contributed by atoms with van der Waals surface area (Å²) in [5.41, 5.74) is 1.34. The maximum atomic E-state index is 11.7. The van der Waals surface area contributed by atoms with E-state index in [2.05, 4.69) is 25.9 Å². The highest BCUT2D eigenvalue weighted by molar-refractivity contribution is 9.10. The number of aryl methyl sites for hydroxylation is 1. The van der Waals surface area contributed by atoms with Gasteiger partial charge in [0.2, 0.25) is 0 Å². The molecular formula is C14H15BrN2O2. The van der Waals surface area contributed by atoms with Gasteiger partial charge in [0.25, 0.3) is 5.56 Å². The van der Waals surface area contributed by atoms with E-state index in [0.717, 1.165) is 11.3 Å². The number of benzene rings is 1. The van der Waals surface area contributed by atoms with Crippen LogP contribution in [0.15, 0.2) is 33.5 Å².